The van der Waals surface area contributed by atoms with E-state index in [1.54, 1.807) is 0 Å². The summed E-state index contributed by atoms with van der Waals surface area (Å²) in [5, 5.41) is 9.17. The Morgan fingerprint density at radius 3 is 2.79 bits per heavy atom. The van der Waals surface area contributed by atoms with E-state index in [0.717, 1.165) is 66.6 Å². The number of rotatable bonds is 2. The summed E-state index contributed by atoms with van der Waals surface area (Å²) in [5.74, 6) is 1.94. The van der Waals surface area contributed by atoms with Crippen molar-refractivity contribution in [3.63, 3.8) is 0 Å². The highest BCUT2D eigenvalue weighted by Gasteiger charge is 2.25. The third-order valence-electron chi connectivity index (χ3n) is 6.81. The first-order valence-corrected chi connectivity index (χ1v) is 11.4. The number of pyridine rings is 1. The van der Waals surface area contributed by atoms with Crippen LogP contribution in [-0.2, 0) is 19.5 Å². The molecule has 0 radical (unpaired) electrons. The van der Waals surface area contributed by atoms with E-state index in [-0.39, 0.29) is 5.56 Å². The fourth-order valence-corrected chi connectivity index (χ4v) is 4.96. The highest BCUT2D eigenvalue weighted by atomic mass is 16.1. The zero-order valence-electron chi connectivity index (χ0n) is 19.1. The van der Waals surface area contributed by atoms with Gasteiger partial charge in [0, 0.05) is 67.2 Å². The normalized spacial score (nSPS) is 15.6. The van der Waals surface area contributed by atoms with Crippen molar-refractivity contribution in [2.45, 2.75) is 46.7 Å². The van der Waals surface area contributed by atoms with E-state index in [9.17, 15) is 4.79 Å². The lowest BCUT2D eigenvalue weighted by atomic mass is 10.0. The Morgan fingerprint density at radius 1 is 1.03 bits per heavy atom. The number of hydrogen-bond donors (Lipinski definition) is 0. The lowest BCUT2D eigenvalue weighted by Crippen LogP contribution is -2.34. The number of aromatic nitrogens is 6. The molecule has 2 aliphatic heterocycles. The van der Waals surface area contributed by atoms with E-state index in [1.807, 2.05) is 30.9 Å². The molecule has 0 unspecified atom stereocenters. The summed E-state index contributed by atoms with van der Waals surface area (Å²) in [6.45, 7) is 9.33. The molecule has 0 N–H and O–H groups in total. The second-order valence-electron chi connectivity index (χ2n) is 8.93. The van der Waals surface area contributed by atoms with Crippen LogP contribution in [0.1, 0.15) is 34.5 Å². The van der Waals surface area contributed by atoms with E-state index >= 15 is 0 Å². The molecule has 33 heavy (non-hydrogen) atoms. The number of fused-ring (bicyclic) bond motifs is 3. The van der Waals surface area contributed by atoms with Gasteiger partial charge in [0.05, 0.1) is 18.1 Å². The minimum atomic E-state index is -0.148. The van der Waals surface area contributed by atoms with Crippen LogP contribution in [0.4, 0.5) is 17.3 Å². The third kappa shape index (κ3) is 3.18. The molecule has 168 valence electrons. The summed E-state index contributed by atoms with van der Waals surface area (Å²) in [7, 11) is 0. The Morgan fingerprint density at radius 2 is 1.91 bits per heavy atom. The van der Waals surface area contributed by atoms with E-state index in [1.165, 1.54) is 16.1 Å². The molecule has 4 aromatic rings. The molecular formula is C24H26N8O. The van der Waals surface area contributed by atoms with Crippen LogP contribution < -0.4 is 15.4 Å². The van der Waals surface area contributed by atoms with Gasteiger partial charge < -0.3 is 9.80 Å². The summed E-state index contributed by atoms with van der Waals surface area (Å²) in [4.78, 5) is 26.5. The predicted octanol–water partition coefficient (Wildman–Crippen LogP) is 2.71. The quantitative estimate of drug-likeness (QED) is 0.472. The van der Waals surface area contributed by atoms with Crippen LogP contribution in [0.5, 0.6) is 0 Å². The molecule has 0 aliphatic carbocycles. The van der Waals surface area contributed by atoms with Crippen molar-refractivity contribution in [2.24, 2.45) is 0 Å². The Labute approximate surface area is 191 Å². The molecule has 6 rings (SSSR count). The second kappa shape index (κ2) is 7.40. The van der Waals surface area contributed by atoms with E-state index in [4.69, 9.17) is 10.1 Å². The van der Waals surface area contributed by atoms with Crippen LogP contribution >= 0.6 is 0 Å². The number of aryl methyl sites for hydroxylation is 3. The second-order valence-corrected chi connectivity index (χ2v) is 8.93. The summed E-state index contributed by atoms with van der Waals surface area (Å²) in [6.07, 6.45) is 5.73. The molecule has 0 fully saturated rings. The van der Waals surface area contributed by atoms with Crippen molar-refractivity contribution in [3.8, 4) is 0 Å². The molecule has 6 heterocycles. The largest absolute Gasteiger partial charge is 0.350 e. The lowest BCUT2D eigenvalue weighted by molar-refractivity contribution is 0.541. The van der Waals surface area contributed by atoms with Crippen LogP contribution in [-0.4, -0.2) is 42.5 Å². The monoisotopic (exact) mass is 442 g/mol. The van der Waals surface area contributed by atoms with E-state index in [0.29, 0.717) is 17.9 Å². The zero-order chi connectivity index (χ0) is 22.7. The van der Waals surface area contributed by atoms with Crippen molar-refractivity contribution >= 4 is 23.0 Å². The molecule has 9 nitrogen and oxygen atoms in total. The van der Waals surface area contributed by atoms with E-state index < -0.39 is 0 Å². The topological polar surface area (TPSA) is 84.5 Å². The van der Waals surface area contributed by atoms with Crippen LogP contribution in [0.15, 0.2) is 35.4 Å². The predicted molar refractivity (Wildman–Crippen MR) is 126 cm³/mol. The van der Waals surface area contributed by atoms with Crippen molar-refractivity contribution in [1.82, 2.24) is 29.4 Å². The van der Waals surface area contributed by atoms with Crippen LogP contribution in [0.25, 0.3) is 5.65 Å². The van der Waals surface area contributed by atoms with Crippen molar-refractivity contribution in [3.05, 3.63) is 69.0 Å². The molecule has 0 saturated heterocycles. The lowest BCUT2D eigenvalue weighted by Gasteiger charge is -2.33. The van der Waals surface area contributed by atoms with Crippen LogP contribution in [0.3, 0.4) is 0 Å². The van der Waals surface area contributed by atoms with Gasteiger partial charge >= 0.3 is 0 Å². The smallest absolute Gasteiger partial charge is 0.274 e. The molecule has 4 aromatic heterocycles. The summed E-state index contributed by atoms with van der Waals surface area (Å²) in [6, 6.07) is 5.84. The fourth-order valence-electron chi connectivity index (χ4n) is 4.96. The zero-order valence-corrected chi connectivity index (χ0v) is 19.1. The van der Waals surface area contributed by atoms with Gasteiger partial charge in [-0.1, -0.05) is 0 Å². The number of nitrogens with zero attached hydrogens (tertiary/aromatic N) is 8. The van der Waals surface area contributed by atoms with Gasteiger partial charge in [0.25, 0.3) is 5.56 Å². The molecular weight excluding hydrogens is 416 g/mol. The maximum Gasteiger partial charge on any atom is 0.274 e. The number of anilines is 3. The standard InChI is InChI=1S/C24H26N8O/c1-15-11-22(33)32-23(27-15)16(2)17(3)24(28-32)29-10-6-20-18(14-29)12-19(13-25-20)30-8-4-9-31-21(30)5-7-26-31/h5,7,11-13H,4,6,8-10,14H2,1-3H3. The average molecular weight is 443 g/mol. The molecule has 9 heteroatoms. The summed E-state index contributed by atoms with van der Waals surface area (Å²) < 4.78 is 3.48. The Hall–Kier alpha value is -3.75. The molecule has 0 spiro atoms. The van der Waals surface area contributed by atoms with Crippen molar-refractivity contribution < 1.29 is 0 Å². The molecule has 0 saturated carbocycles. The highest BCUT2D eigenvalue weighted by Crippen LogP contribution is 2.32. The maximum absolute atomic E-state index is 12.6. The van der Waals surface area contributed by atoms with Gasteiger partial charge in [0.2, 0.25) is 0 Å². The highest BCUT2D eigenvalue weighted by molar-refractivity contribution is 5.63. The summed E-state index contributed by atoms with van der Waals surface area (Å²) >= 11 is 0. The third-order valence-corrected chi connectivity index (χ3v) is 6.81. The van der Waals surface area contributed by atoms with Gasteiger partial charge in [-0.2, -0.15) is 9.61 Å². The van der Waals surface area contributed by atoms with Gasteiger partial charge in [-0.05, 0) is 38.8 Å². The Bertz CT molecular complexity index is 1450. The van der Waals surface area contributed by atoms with Gasteiger partial charge in [-0.3, -0.25) is 9.78 Å². The molecule has 2 aliphatic rings. The Kier molecular flexibility index (Phi) is 4.46. The SMILES string of the molecule is Cc1cc(=O)n2nc(N3CCc4ncc(N5CCCn6nccc65)cc4C3)c(C)c(C)c2n1. The first-order chi connectivity index (χ1) is 16.0. The van der Waals surface area contributed by atoms with Crippen LogP contribution in [0.2, 0.25) is 0 Å². The fraction of sp³-hybridized carbons (Fsp3) is 0.375. The number of hydrogen-bond acceptors (Lipinski definition) is 7. The maximum atomic E-state index is 12.6. The average Bonchev–Trinajstić information content (AvgIpc) is 3.30. The minimum Gasteiger partial charge on any atom is -0.350 e. The first kappa shape index (κ1) is 19.9. The molecule has 0 aromatic carbocycles. The van der Waals surface area contributed by atoms with Crippen LogP contribution in [0, 0.1) is 20.8 Å². The first-order valence-electron chi connectivity index (χ1n) is 11.4. The summed E-state index contributed by atoms with van der Waals surface area (Å²) in [5.41, 5.74) is 6.65. The van der Waals surface area contributed by atoms with Gasteiger partial charge in [-0.15, -0.1) is 5.10 Å². The van der Waals surface area contributed by atoms with Gasteiger partial charge in [-0.25, -0.2) is 9.67 Å². The molecule has 0 bridgehead atoms. The minimum absolute atomic E-state index is 0.148. The van der Waals surface area contributed by atoms with Crippen molar-refractivity contribution in [2.75, 3.05) is 22.9 Å². The van der Waals surface area contributed by atoms with Gasteiger partial charge in [0.1, 0.15) is 5.82 Å². The van der Waals surface area contributed by atoms with E-state index in [2.05, 4.69) is 38.9 Å². The Balaban J connectivity index is 1.38. The molecule has 0 amide bonds. The molecule has 0 atom stereocenters. The van der Waals surface area contributed by atoms with Crippen molar-refractivity contribution in [1.29, 1.82) is 0 Å². The van der Waals surface area contributed by atoms with Gasteiger partial charge in [0.15, 0.2) is 11.5 Å².